The Morgan fingerprint density at radius 3 is 2.85 bits per heavy atom. The van der Waals surface area contributed by atoms with Crippen molar-refractivity contribution in [1.82, 2.24) is 4.98 Å². The van der Waals surface area contributed by atoms with E-state index in [1.165, 1.54) is 4.90 Å². The van der Waals surface area contributed by atoms with Gasteiger partial charge in [-0.2, -0.15) is 0 Å². The topological polar surface area (TPSA) is 80.5 Å². The molecule has 1 saturated heterocycles. The zero-order valence-electron chi connectivity index (χ0n) is 10.5. The summed E-state index contributed by atoms with van der Waals surface area (Å²) in [5, 5.41) is -0.869. The first-order chi connectivity index (χ1) is 9.34. The van der Waals surface area contributed by atoms with Crippen LogP contribution < -0.4 is 4.90 Å². The molecule has 1 unspecified atom stereocenters. The van der Waals surface area contributed by atoms with Crippen LogP contribution in [0.3, 0.4) is 0 Å². The first-order valence-electron chi connectivity index (χ1n) is 5.95. The minimum Gasteiger partial charge on any atom is -0.441 e. The Kier molecular flexibility index (Phi) is 2.98. The molecule has 0 N–H and O–H groups in total. The number of aromatic nitrogens is 1. The number of nitrogens with zero attached hydrogens (tertiary/aromatic N) is 2. The van der Waals surface area contributed by atoms with E-state index < -0.39 is 14.3 Å². The molecule has 1 aromatic heterocycles. The standard InChI is InChI=1S/C12H11ClN2O4S/c1-7-14-10-4-8(2-3-11(10)19-7)15-6-9(5-12(15)16)20(13,17)18/h2-4,9H,5-6H2,1H3. The van der Waals surface area contributed by atoms with Crippen molar-refractivity contribution in [2.75, 3.05) is 11.4 Å². The Bertz CT molecular complexity index is 799. The van der Waals surface area contributed by atoms with Crippen molar-refractivity contribution in [1.29, 1.82) is 0 Å². The van der Waals surface area contributed by atoms with E-state index in [4.69, 9.17) is 15.1 Å². The summed E-state index contributed by atoms with van der Waals surface area (Å²) in [6.45, 7) is 1.80. The van der Waals surface area contributed by atoms with Gasteiger partial charge in [-0.05, 0) is 18.2 Å². The summed E-state index contributed by atoms with van der Waals surface area (Å²) in [6.07, 6.45) is -0.0955. The number of benzene rings is 1. The average Bonchev–Trinajstić information content (AvgIpc) is 2.89. The van der Waals surface area contributed by atoms with Crippen LogP contribution in [0.25, 0.3) is 11.1 Å². The van der Waals surface area contributed by atoms with Crippen LogP contribution in [0.5, 0.6) is 0 Å². The third-order valence-electron chi connectivity index (χ3n) is 3.28. The van der Waals surface area contributed by atoms with Gasteiger partial charge >= 0.3 is 0 Å². The quantitative estimate of drug-likeness (QED) is 0.790. The second-order valence-corrected chi connectivity index (χ2v) is 7.60. The molecule has 0 aliphatic carbocycles. The highest BCUT2D eigenvalue weighted by molar-refractivity contribution is 8.14. The fourth-order valence-electron chi connectivity index (χ4n) is 2.31. The molecule has 0 radical (unpaired) electrons. The molecule has 6 nitrogen and oxygen atoms in total. The number of oxazole rings is 1. The van der Waals surface area contributed by atoms with Crippen molar-refractivity contribution < 1.29 is 17.6 Å². The molecule has 1 amide bonds. The number of halogens is 1. The van der Waals surface area contributed by atoms with Crippen molar-refractivity contribution in [2.24, 2.45) is 0 Å². The fourth-order valence-corrected chi connectivity index (χ4v) is 3.34. The largest absolute Gasteiger partial charge is 0.441 e. The van der Waals surface area contributed by atoms with Gasteiger partial charge in [-0.1, -0.05) is 0 Å². The van der Waals surface area contributed by atoms with Gasteiger partial charge in [-0.15, -0.1) is 0 Å². The van der Waals surface area contributed by atoms with Crippen molar-refractivity contribution in [3.05, 3.63) is 24.1 Å². The van der Waals surface area contributed by atoms with Crippen LogP contribution in [-0.4, -0.2) is 31.1 Å². The molecule has 0 bridgehead atoms. The van der Waals surface area contributed by atoms with E-state index in [2.05, 4.69) is 4.98 Å². The van der Waals surface area contributed by atoms with Crippen LogP contribution in [0, 0.1) is 6.92 Å². The number of carbonyl (C=O) groups excluding carboxylic acids is 1. The Morgan fingerprint density at radius 1 is 1.45 bits per heavy atom. The minimum absolute atomic E-state index is 0.0625. The summed E-state index contributed by atoms with van der Waals surface area (Å²) >= 11 is 0. The normalized spacial score (nSPS) is 20.0. The van der Waals surface area contributed by atoms with Crippen LogP contribution in [0.1, 0.15) is 12.3 Å². The molecule has 1 aliphatic rings. The maximum absolute atomic E-state index is 11.9. The number of anilines is 1. The predicted molar refractivity (Wildman–Crippen MR) is 74.3 cm³/mol. The average molecular weight is 315 g/mol. The molecule has 2 heterocycles. The lowest BCUT2D eigenvalue weighted by molar-refractivity contribution is -0.117. The van der Waals surface area contributed by atoms with Gasteiger partial charge in [0.05, 0.1) is 0 Å². The number of hydrogen-bond donors (Lipinski definition) is 0. The van der Waals surface area contributed by atoms with Crippen LogP contribution in [0.15, 0.2) is 22.6 Å². The SMILES string of the molecule is Cc1nc2cc(N3CC(S(=O)(=O)Cl)CC3=O)ccc2o1. The molecule has 2 aromatic rings. The summed E-state index contributed by atoms with van der Waals surface area (Å²) < 4.78 is 28.0. The van der Waals surface area contributed by atoms with Gasteiger partial charge < -0.3 is 9.32 Å². The lowest BCUT2D eigenvalue weighted by Gasteiger charge is -2.15. The molecule has 1 aromatic carbocycles. The fraction of sp³-hybridized carbons (Fsp3) is 0.333. The summed E-state index contributed by atoms with van der Waals surface area (Å²) in [5.74, 6) is 0.268. The Balaban J connectivity index is 1.97. The van der Waals surface area contributed by atoms with Crippen LogP contribution in [0.4, 0.5) is 5.69 Å². The van der Waals surface area contributed by atoms with E-state index >= 15 is 0 Å². The summed E-state index contributed by atoms with van der Waals surface area (Å²) in [6, 6.07) is 5.11. The van der Waals surface area contributed by atoms with Gasteiger partial charge in [0.2, 0.25) is 15.0 Å². The second-order valence-electron chi connectivity index (χ2n) is 4.69. The number of fused-ring (bicyclic) bond motifs is 1. The zero-order valence-corrected chi connectivity index (χ0v) is 12.1. The van der Waals surface area contributed by atoms with Gasteiger partial charge in [-0.25, -0.2) is 13.4 Å². The lowest BCUT2D eigenvalue weighted by Crippen LogP contribution is -2.26. The number of amides is 1. The van der Waals surface area contributed by atoms with E-state index in [1.54, 1.807) is 25.1 Å². The molecule has 1 fully saturated rings. The lowest BCUT2D eigenvalue weighted by atomic mass is 10.2. The highest BCUT2D eigenvalue weighted by Gasteiger charge is 2.38. The van der Waals surface area contributed by atoms with Gasteiger partial charge in [0.15, 0.2) is 11.5 Å². The van der Waals surface area contributed by atoms with Crippen molar-refractivity contribution in [3.8, 4) is 0 Å². The molecule has 0 spiro atoms. The molecule has 106 valence electrons. The second kappa shape index (κ2) is 4.46. The van der Waals surface area contributed by atoms with Gasteiger partial charge in [0.25, 0.3) is 0 Å². The monoisotopic (exact) mass is 314 g/mol. The van der Waals surface area contributed by atoms with E-state index in [9.17, 15) is 13.2 Å². The zero-order chi connectivity index (χ0) is 14.5. The van der Waals surface area contributed by atoms with E-state index in [-0.39, 0.29) is 18.9 Å². The maximum atomic E-state index is 11.9. The van der Waals surface area contributed by atoms with Gasteiger partial charge in [-0.3, -0.25) is 4.79 Å². The number of carbonyl (C=O) groups is 1. The van der Waals surface area contributed by atoms with Crippen LogP contribution >= 0.6 is 10.7 Å². The molecule has 1 aliphatic heterocycles. The molecule has 8 heteroatoms. The summed E-state index contributed by atoms with van der Waals surface area (Å²) in [4.78, 5) is 17.5. The summed E-state index contributed by atoms with van der Waals surface area (Å²) in [7, 11) is 1.58. The van der Waals surface area contributed by atoms with Gasteiger partial charge in [0.1, 0.15) is 10.8 Å². The molecular formula is C12H11ClN2O4S. The highest BCUT2D eigenvalue weighted by atomic mass is 35.7. The van der Waals surface area contributed by atoms with Crippen molar-refractivity contribution in [2.45, 2.75) is 18.6 Å². The third kappa shape index (κ3) is 2.27. The first kappa shape index (κ1) is 13.4. The highest BCUT2D eigenvalue weighted by Crippen LogP contribution is 2.29. The minimum atomic E-state index is -3.74. The molecular weight excluding hydrogens is 304 g/mol. The molecule has 1 atom stereocenters. The van der Waals surface area contributed by atoms with Gasteiger partial charge in [0, 0.05) is 36.3 Å². The number of aryl methyl sites for hydroxylation is 1. The number of hydrogen-bond acceptors (Lipinski definition) is 5. The van der Waals surface area contributed by atoms with Crippen molar-refractivity contribution >= 4 is 42.4 Å². The smallest absolute Gasteiger partial charge is 0.237 e. The van der Waals surface area contributed by atoms with E-state index in [0.29, 0.717) is 22.7 Å². The summed E-state index contributed by atoms with van der Waals surface area (Å²) in [5.41, 5.74) is 1.85. The maximum Gasteiger partial charge on any atom is 0.237 e. The molecule has 0 saturated carbocycles. The predicted octanol–water partition coefficient (Wildman–Crippen LogP) is 1.81. The molecule has 20 heavy (non-hydrogen) atoms. The Labute approximate surface area is 119 Å². The molecule has 3 rings (SSSR count). The first-order valence-corrected chi connectivity index (χ1v) is 8.33. The van der Waals surface area contributed by atoms with E-state index in [1.807, 2.05) is 0 Å². The Morgan fingerprint density at radius 2 is 2.20 bits per heavy atom. The van der Waals surface area contributed by atoms with Crippen LogP contribution in [0.2, 0.25) is 0 Å². The Hall–Kier alpha value is -1.60. The number of rotatable bonds is 2. The third-order valence-corrected chi connectivity index (χ3v) is 5.15. The van der Waals surface area contributed by atoms with Crippen LogP contribution in [-0.2, 0) is 13.8 Å². The van der Waals surface area contributed by atoms with Crippen molar-refractivity contribution in [3.63, 3.8) is 0 Å². The van der Waals surface area contributed by atoms with E-state index in [0.717, 1.165) is 0 Å².